The molecule has 3 nitrogen and oxygen atoms in total. The molecule has 0 unspecified atom stereocenters. The Morgan fingerprint density at radius 1 is 1.71 bits per heavy atom. The summed E-state index contributed by atoms with van der Waals surface area (Å²) in [6.45, 7) is 1.04. The summed E-state index contributed by atoms with van der Waals surface area (Å²) in [4.78, 5) is 14.0. The number of halogens is 1. The molecule has 1 amide bonds. The lowest BCUT2D eigenvalue weighted by Crippen LogP contribution is -2.29. The molecular weight excluding hydrogens is 222 g/mol. The highest BCUT2D eigenvalue weighted by Crippen LogP contribution is 2.25. The maximum Gasteiger partial charge on any atom is 0.265 e. The number of rotatable bonds is 1. The van der Waals surface area contributed by atoms with Crippen molar-refractivity contribution in [2.24, 2.45) is 0 Å². The molecule has 1 atom stereocenters. The van der Waals surface area contributed by atoms with Crippen molar-refractivity contribution in [3.05, 3.63) is 21.3 Å². The number of aliphatic hydroxyl groups is 1. The third-order valence-corrected chi connectivity index (χ3v) is 3.59. The first kappa shape index (κ1) is 9.96. The standard InChI is InChI=1S/C9H10ClNO2S/c10-7-2-4-14-8(7)9(13)11-3-1-6(12)5-11/h2,4,6,12H,1,3,5H2/t6-/m0/s1. The Morgan fingerprint density at radius 2 is 2.50 bits per heavy atom. The number of amides is 1. The van der Waals surface area contributed by atoms with Crippen molar-refractivity contribution in [1.82, 2.24) is 4.90 Å². The second-order valence-corrected chi connectivity index (χ2v) is 4.61. The summed E-state index contributed by atoms with van der Waals surface area (Å²) >= 11 is 7.19. The molecule has 0 aliphatic carbocycles. The van der Waals surface area contributed by atoms with Crippen molar-refractivity contribution in [3.8, 4) is 0 Å². The van der Waals surface area contributed by atoms with Crippen LogP contribution in [0.25, 0.3) is 0 Å². The Bertz CT molecular complexity index is 352. The molecule has 14 heavy (non-hydrogen) atoms. The monoisotopic (exact) mass is 231 g/mol. The van der Waals surface area contributed by atoms with Gasteiger partial charge in [-0.1, -0.05) is 11.6 Å². The van der Waals surface area contributed by atoms with Crippen molar-refractivity contribution >= 4 is 28.8 Å². The molecule has 1 aromatic heterocycles. The maximum absolute atomic E-state index is 11.8. The first-order valence-electron chi connectivity index (χ1n) is 4.39. The molecule has 1 saturated heterocycles. The number of aliphatic hydroxyl groups excluding tert-OH is 1. The summed E-state index contributed by atoms with van der Waals surface area (Å²) in [5, 5.41) is 11.6. The number of likely N-dealkylation sites (tertiary alicyclic amines) is 1. The van der Waals surface area contributed by atoms with Gasteiger partial charge >= 0.3 is 0 Å². The molecule has 2 rings (SSSR count). The van der Waals surface area contributed by atoms with Crippen molar-refractivity contribution in [3.63, 3.8) is 0 Å². The average Bonchev–Trinajstić information content (AvgIpc) is 2.73. The second kappa shape index (κ2) is 3.88. The fraction of sp³-hybridized carbons (Fsp3) is 0.444. The van der Waals surface area contributed by atoms with Gasteiger partial charge in [-0.2, -0.15) is 0 Å². The molecule has 0 bridgehead atoms. The van der Waals surface area contributed by atoms with Crippen LogP contribution in [-0.4, -0.2) is 35.1 Å². The van der Waals surface area contributed by atoms with Gasteiger partial charge in [0.2, 0.25) is 0 Å². The number of thiophene rings is 1. The van der Waals surface area contributed by atoms with Crippen LogP contribution in [0.3, 0.4) is 0 Å². The van der Waals surface area contributed by atoms with E-state index in [0.29, 0.717) is 29.4 Å². The smallest absolute Gasteiger partial charge is 0.265 e. The molecule has 1 aromatic rings. The summed E-state index contributed by atoms with van der Waals surface area (Å²) in [5.74, 6) is -0.0680. The van der Waals surface area contributed by atoms with Crippen LogP contribution in [0.5, 0.6) is 0 Å². The summed E-state index contributed by atoms with van der Waals surface area (Å²) in [6, 6.07) is 1.71. The quantitative estimate of drug-likeness (QED) is 0.798. The van der Waals surface area contributed by atoms with Gasteiger partial charge in [0, 0.05) is 13.1 Å². The average molecular weight is 232 g/mol. The minimum absolute atomic E-state index is 0.0680. The predicted molar refractivity (Wildman–Crippen MR) is 55.9 cm³/mol. The van der Waals surface area contributed by atoms with E-state index in [1.807, 2.05) is 0 Å². The molecule has 1 aliphatic rings. The van der Waals surface area contributed by atoms with Crippen molar-refractivity contribution in [1.29, 1.82) is 0 Å². The van der Waals surface area contributed by atoms with E-state index >= 15 is 0 Å². The number of carbonyl (C=O) groups is 1. The molecule has 2 heterocycles. The third-order valence-electron chi connectivity index (χ3n) is 2.26. The van der Waals surface area contributed by atoms with Gasteiger partial charge in [-0.25, -0.2) is 0 Å². The lowest BCUT2D eigenvalue weighted by Gasteiger charge is -2.14. The molecule has 0 aromatic carbocycles. The van der Waals surface area contributed by atoms with Crippen LogP contribution < -0.4 is 0 Å². The Morgan fingerprint density at radius 3 is 3.00 bits per heavy atom. The summed E-state index contributed by atoms with van der Waals surface area (Å²) in [6.07, 6.45) is 0.284. The zero-order valence-electron chi connectivity index (χ0n) is 7.44. The molecule has 0 spiro atoms. The van der Waals surface area contributed by atoms with Gasteiger partial charge in [0.05, 0.1) is 11.1 Å². The van der Waals surface area contributed by atoms with Crippen molar-refractivity contribution in [2.75, 3.05) is 13.1 Å². The van der Waals surface area contributed by atoms with Gasteiger partial charge in [0.1, 0.15) is 4.88 Å². The lowest BCUT2D eigenvalue weighted by atomic mass is 10.3. The summed E-state index contributed by atoms with van der Waals surface area (Å²) in [5.41, 5.74) is 0. The van der Waals surface area contributed by atoms with E-state index in [4.69, 9.17) is 11.6 Å². The number of hydrogen-bond donors (Lipinski definition) is 1. The van der Waals surface area contributed by atoms with E-state index in [0.717, 1.165) is 0 Å². The van der Waals surface area contributed by atoms with Crippen LogP contribution in [0.2, 0.25) is 5.02 Å². The fourth-order valence-electron chi connectivity index (χ4n) is 1.52. The highest BCUT2D eigenvalue weighted by molar-refractivity contribution is 7.12. The highest BCUT2D eigenvalue weighted by atomic mass is 35.5. The first-order valence-corrected chi connectivity index (χ1v) is 5.64. The van der Waals surface area contributed by atoms with Crippen molar-refractivity contribution in [2.45, 2.75) is 12.5 Å². The van der Waals surface area contributed by atoms with E-state index in [1.165, 1.54) is 11.3 Å². The first-order chi connectivity index (χ1) is 6.68. The lowest BCUT2D eigenvalue weighted by molar-refractivity contribution is 0.0770. The van der Waals surface area contributed by atoms with Gasteiger partial charge < -0.3 is 10.0 Å². The predicted octanol–water partition coefficient (Wildman–Crippen LogP) is 1.61. The van der Waals surface area contributed by atoms with Crippen LogP contribution in [0.4, 0.5) is 0 Å². The fourth-order valence-corrected chi connectivity index (χ4v) is 2.62. The number of nitrogens with zero attached hydrogens (tertiary/aromatic N) is 1. The van der Waals surface area contributed by atoms with E-state index in [1.54, 1.807) is 16.3 Å². The third kappa shape index (κ3) is 1.78. The molecule has 1 aliphatic heterocycles. The maximum atomic E-state index is 11.8. The van der Waals surface area contributed by atoms with E-state index in [-0.39, 0.29) is 12.0 Å². The number of β-amino-alcohol motifs (C(OH)–C–C–N with tert-alkyl or cyclic N) is 1. The molecule has 0 radical (unpaired) electrons. The second-order valence-electron chi connectivity index (χ2n) is 3.29. The highest BCUT2D eigenvalue weighted by Gasteiger charge is 2.27. The molecule has 5 heteroatoms. The normalized spacial score (nSPS) is 21.6. The molecule has 76 valence electrons. The topological polar surface area (TPSA) is 40.5 Å². The summed E-state index contributed by atoms with van der Waals surface area (Å²) < 4.78 is 0. The van der Waals surface area contributed by atoms with Crippen LogP contribution in [0.15, 0.2) is 11.4 Å². The molecule has 0 saturated carbocycles. The number of carbonyl (C=O) groups excluding carboxylic acids is 1. The van der Waals surface area contributed by atoms with E-state index in [2.05, 4.69) is 0 Å². The Kier molecular flexibility index (Phi) is 2.76. The molecule has 1 fully saturated rings. The minimum atomic E-state index is -0.377. The van der Waals surface area contributed by atoms with Crippen molar-refractivity contribution < 1.29 is 9.90 Å². The SMILES string of the molecule is O=C(c1sccc1Cl)N1CC[C@H](O)C1. The largest absolute Gasteiger partial charge is 0.391 e. The minimum Gasteiger partial charge on any atom is -0.391 e. The van der Waals surface area contributed by atoms with Gasteiger partial charge in [0.15, 0.2) is 0 Å². The van der Waals surface area contributed by atoms with Crippen LogP contribution in [0, 0.1) is 0 Å². The zero-order chi connectivity index (χ0) is 10.1. The van der Waals surface area contributed by atoms with E-state index < -0.39 is 0 Å². The van der Waals surface area contributed by atoms with Gasteiger partial charge in [0.25, 0.3) is 5.91 Å². The Balaban J connectivity index is 2.13. The summed E-state index contributed by atoms with van der Waals surface area (Å²) in [7, 11) is 0. The Hall–Kier alpha value is -0.580. The van der Waals surface area contributed by atoms with Gasteiger partial charge in [-0.15, -0.1) is 11.3 Å². The van der Waals surface area contributed by atoms with Crippen LogP contribution in [-0.2, 0) is 0 Å². The van der Waals surface area contributed by atoms with E-state index in [9.17, 15) is 9.90 Å². The van der Waals surface area contributed by atoms with Crippen LogP contribution >= 0.6 is 22.9 Å². The van der Waals surface area contributed by atoms with Gasteiger partial charge in [-0.3, -0.25) is 4.79 Å². The molecule has 1 N–H and O–H groups in total. The van der Waals surface area contributed by atoms with Gasteiger partial charge in [-0.05, 0) is 17.9 Å². The molecular formula is C9H10ClNO2S. The zero-order valence-corrected chi connectivity index (χ0v) is 9.01. The number of hydrogen-bond acceptors (Lipinski definition) is 3. The van der Waals surface area contributed by atoms with Crippen LogP contribution in [0.1, 0.15) is 16.1 Å². The Labute approximate surface area is 90.9 Å².